The molecule has 3 aromatic rings. The van der Waals surface area contributed by atoms with Crippen LogP contribution in [-0.4, -0.2) is 13.1 Å². The normalized spacial score (nSPS) is 11.1. The van der Waals surface area contributed by atoms with Gasteiger partial charge in [-0.15, -0.1) is 0 Å². The molecule has 3 aromatic carbocycles. The van der Waals surface area contributed by atoms with Crippen molar-refractivity contribution in [2.24, 2.45) is 5.11 Å². The van der Waals surface area contributed by atoms with Gasteiger partial charge in [-0.25, -0.2) is 4.79 Å². The fourth-order valence-electron chi connectivity index (χ4n) is 2.56. The third kappa shape index (κ3) is 7.01. The monoisotopic (exact) mass is 555 g/mol. The first-order chi connectivity index (χ1) is 15.8. The molecule has 0 fully saturated rings. The number of carbonyl (C=O) groups is 1. The van der Waals surface area contributed by atoms with E-state index in [1.165, 1.54) is 36.7 Å². The zero-order valence-corrected chi connectivity index (χ0v) is 21.4. The van der Waals surface area contributed by atoms with Crippen LogP contribution in [0, 0.1) is 0 Å². The van der Waals surface area contributed by atoms with Crippen LogP contribution in [-0.2, 0) is 9.53 Å². The van der Waals surface area contributed by atoms with Crippen molar-refractivity contribution in [3.8, 4) is 0 Å². The highest BCUT2D eigenvalue weighted by Gasteiger charge is 2.12. The number of hydrogen-bond donors (Lipinski definition) is 0. The molecule has 0 atom stereocenters. The molecule has 168 valence electrons. The molecule has 5 nitrogen and oxygen atoms in total. The standard InChI is InChI=1S/C22H13Cl4N3O2S2/c1-31-22(30)20(28-29-27)8-12-2-3-15(32-13-4-6-16(23)18(25)9-13)11-21(12)33-14-5-7-17(24)19(26)10-14/h2-11H,1H3/b20-8+. The first-order valence-electron chi connectivity index (χ1n) is 9.05. The van der Waals surface area contributed by atoms with Crippen LogP contribution in [0.15, 0.2) is 85.0 Å². The Morgan fingerprint density at radius 2 is 1.42 bits per heavy atom. The minimum Gasteiger partial charge on any atom is -0.466 e. The number of nitrogens with zero attached hydrogens (tertiary/aromatic N) is 3. The summed E-state index contributed by atoms with van der Waals surface area (Å²) in [5.41, 5.74) is 9.31. The maximum atomic E-state index is 12.0. The molecule has 0 unspecified atom stereocenters. The van der Waals surface area contributed by atoms with Crippen LogP contribution in [0.5, 0.6) is 0 Å². The van der Waals surface area contributed by atoms with Crippen LogP contribution in [0.4, 0.5) is 0 Å². The van der Waals surface area contributed by atoms with Gasteiger partial charge in [-0.2, -0.15) is 0 Å². The molecule has 0 aliphatic carbocycles. The molecule has 0 bridgehead atoms. The summed E-state index contributed by atoms with van der Waals surface area (Å²) < 4.78 is 4.71. The molecule has 0 N–H and O–H groups in total. The molecular weight excluding hydrogens is 544 g/mol. The number of hydrogen-bond acceptors (Lipinski definition) is 5. The quantitative estimate of drug-likeness (QED) is 0.0954. The largest absolute Gasteiger partial charge is 0.466 e. The first kappa shape index (κ1) is 25.7. The molecule has 0 aromatic heterocycles. The minimum absolute atomic E-state index is 0.166. The Balaban J connectivity index is 2.05. The van der Waals surface area contributed by atoms with E-state index in [0.29, 0.717) is 25.7 Å². The Kier molecular flexibility index (Phi) is 9.29. The molecule has 0 heterocycles. The molecule has 0 amide bonds. The second-order valence-corrected chi connectivity index (χ2v) is 10.2. The zero-order chi connectivity index (χ0) is 24.0. The lowest BCUT2D eigenvalue weighted by Gasteiger charge is -2.11. The van der Waals surface area contributed by atoms with Crippen molar-refractivity contribution < 1.29 is 9.53 Å². The number of carbonyl (C=O) groups excluding carboxylic acids is 1. The predicted octanol–water partition coefficient (Wildman–Crippen LogP) is 9.43. The lowest BCUT2D eigenvalue weighted by molar-refractivity contribution is -0.136. The molecule has 0 saturated carbocycles. The van der Waals surface area contributed by atoms with E-state index in [9.17, 15) is 4.79 Å². The van der Waals surface area contributed by atoms with Gasteiger partial charge in [0, 0.05) is 24.5 Å². The van der Waals surface area contributed by atoms with Crippen LogP contribution in [0.25, 0.3) is 16.5 Å². The Labute approximate surface area is 218 Å². The smallest absolute Gasteiger partial charge is 0.340 e. The van der Waals surface area contributed by atoms with E-state index in [0.717, 1.165) is 19.6 Å². The fraction of sp³-hybridized carbons (Fsp3) is 0.0455. The second-order valence-electron chi connectivity index (χ2n) is 6.27. The highest BCUT2D eigenvalue weighted by atomic mass is 35.5. The summed E-state index contributed by atoms with van der Waals surface area (Å²) >= 11 is 27.3. The summed E-state index contributed by atoms with van der Waals surface area (Å²) in [5, 5.41) is 5.26. The van der Waals surface area contributed by atoms with Crippen molar-refractivity contribution >= 4 is 82.0 Å². The Hall–Kier alpha value is -1.96. The van der Waals surface area contributed by atoms with E-state index >= 15 is 0 Å². The van der Waals surface area contributed by atoms with Gasteiger partial charge in [-0.1, -0.05) is 81.1 Å². The fourth-order valence-corrected chi connectivity index (χ4v) is 5.25. The van der Waals surface area contributed by atoms with E-state index in [4.69, 9.17) is 56.7 Å². The van der Waals surface area contributed by atoms with E-state index in [-0.39, 0.29) is 5.70 Å². The van der Waals surface area contributed by atoms with Gasteiger partial charge in [-0.05, 0) is 65.7 Å². The number of ether oxygens (including phenoxy) is 1. The Morgan fingerprint density at radius 3 is 1.97 bits per heavy atom. The molecule has 0 radical (unpaired) electrons. The van der Waals surface area contributed by atoms with Crippen LogP contribution in [0.3, 0.4) is 0 Å². The zero-order valence-electron chi connectivity index (χ0n) is 16.8. The van der Waals surface area contributed by atoms with Crippen molar-refractivity contribution in [2.45, 2.75) is 19.6 Å². The summed E-state index contributed by atoms with van der Waals surface area (Å²) in [6, 6.07) is 16.3. The Bertz CT molecular complexity index is 1290. The van der Waals surface area contributed by atoms with Crippen molar-refractivity contribution in [1.29, 1.82) is 0 Å². The van der Waals surface area contributed by atoms with Crippen molar-refractivity contribution in [3.63, 3.8) is 0 Å². The number of methoxy groups -OCH3 is 1. The van der Waals surface area contributed by atoms with Crippen LogP contribution in [0.1, 0.15) is 5.56 Å². The van der Waals surface area contributed by atoms with Gasteiger partial charge in [-0.3, -0.25) is 0 Å². The maximum Gasteiger partial charge on any atom is 0.340 e. The van der Waals surface area contributed by atoms with Crippen LogP contribution >= 0.6 is 69.9 Å². The van der Waals surface area contributed by atoms with Gasteiger partial charge in [0.1, 0.15) is 5.70 Å². The lowest BCUT2D eigenvalue weighted by Crippen LogP contribution is -2.02. The van der Waals surface area contributed by atoms with Crippen LogP contribution < -0.4 is 0 Å². The third-order valence-corrected chi connectivity index (χ3v) is 7.59. The van der Waals surface area contributed by atoms with E-state index < -0.39 is 5.97 Å². The third-order valence-electron chi connectivity index (χ3n) is 4.07. The molecule has 0 spiro atoms. The number of halogens is 4. The van der Waals surface area contributed by atoms with Crippen LogP contribution in [0.2, 0.25) is 20.1 Å². The van der Waals surface area contributed by atoms with Gasteiger partial charge in [0.15, 0.2) is 0 Å². The number of benzene rings is 3. The predicted molar refractivity (Wildman–Crippen MR) is 137 cm³/mol. The van der Waals surface area contributed by atoms with Gasteiger partial charge >= 0.3 is 5.97 Å². The summed E-state index contributed by atoms with van der Waals surface area (Å²) in [6.45, 7) is 0. The van der Waals surface area contributed by atoms with E-state index in [1.807, 2.05) is 30.3 Å². The highest BCUT2D eigenvalue weighted by Crippen LogP contribution is 2.39. The first-order valence-corrected chi connectivity index (χ1v) is 12.2. The van der Waals surface area contributed by atoms with Crippen molar-refractivity contribution in [2.75, 3.05) is 7.11 Å². The summed E-state index contributed by atoms with van der Waals surface area (Å²) in [6.07, 6.45) is 1.47. The molecule has 0 aliphatic heterocycles. The topological polar surface area (TPSA) is 75.1 Å². The summed E-state index contributed by atoms with van der Waals surface area (Å²) in [7, 11) is 1.21. The van der Waals surface area contributed by atoms with Crippen molar-refractivity contribution in [3.05, 3.63) is 96.4 Å². The van der Waals surface area contributed by atoms with E-state index in [2.05, 4.69) is 10.0 Å². The second kappa shape index (κ2) is 12.0. The van der Waals surface area contributed by atoms with Gasteiger partial charge in [0.05, 0.1) is 27.2 Å². The molecule has 11 heteroatoms. The highest BCUT2D eigenvalue weighted by molar-refractivity contribution is 8.00. The molecule has 33 heavy (non-hydrogen) atoms. The summed E-state index contributed by atoms with van der Waals surface area (Å²) in [4.78, 5) is 18.2. The molecule has 0 saturated heterocycles. The summed E-state index contributed by atoms with van der Waals surface area (Å²) in [5.74, 6) is -0.743. The number of azide groups is 1. The van der Waals surface area contributed by atoms with Gasteiger partial charge in [0.2, 0.25) is 0 Å². The molecule has 3 rings (SSSR count). The van der Waals surface area contributed by atoms with Gasteiger partial charge < -0.3 is 4.74 Å². The number of rotatable bonds is 7. The lowest BCUT2D eigenvalue weighted by atomic mass is 10.2. The van der Waals surface area contributed by atoms with Crippen molar-refractivity contribution in [1.82, 2.24) is 0 Å². The SMILES string of the molecule is COC(=O)/C(=C\c1ccc(Sc2ccc(Cl)c(Cl)c2)cc1Sc1ccc(Cl)c(Cl)c1)N=[N+]=[N-]. The molecule has 0 aliphatic rings. The average molecular weight is 557 g/mol. The minimum atomic E-state index is -0.743. The van der Waals surface area contributed by atoms with Gasteiger partial charge in [0.25, 0.3) is 0 Å². The molecular formula is C22H13Cl4N3O2S2. The van der Waals surface area contributed by atoms with E-state index in [1.54, 1.807) is 24.3 Å². The maximum absolute atomic E-state index is 12.0. The Morgan fingerprint density at radius 1 is 0.879 bits per heavy atom. The number of esters is 1. The average Bonchev–Trinajstić information content (AvgIpc) is 2.79.